The predicted octanol–water partition coefficient (Wildman–Crippen LogP) is 2.03. The summed E-state index contributed by atoms with van der Waals surface area (Å²) in [5, 5.41) is 1.98. The van der Waals surface area contributed by atoms with E-state index in [1.54, 1.807) is 37.4 Å². The first-order chi connectivity index (χ1) is 10.8. The molecule has 2 rings (SSSR count). The van der Waals surface area contributed by atoms with Gasteiger partial charge in [0, 0.05) is 16.1 Å². The van der Waals surface area contributed by atoms with Crippen LogP contribution in [0.15, 0.2) is 27.9 Å². The maximum Gasteiger partial charge on any atom is 0.345 e. The van der Waals surface area contributed by atoms with Crippen molar-refractivity contribution in [2.75, 3.05) is 10.8 Å². The van der Waals surface area contributed by atoms with Crippen LogP contribution in [0.2, 0.25) is 5.02 Å². The summed E-state index contributed by atoms with van der Waals surface area (Å²) in [7, 11) is -4.05. The Labute approximate surface area is 142 Å². The third-order valence-corrected chi connectivity index (χ3v) is 6.54. The van der Waals surface area contributed by atoms with Gasteiger partial charge < -0.3 is 4.84 Å². The fourth-order valence-corrected chi connectivity index (χ4v) is 4.64. The summed E-state index contributed by atoms with van der Waals surface area (Å²) in [6, 6.07) is 4.76. The number of sulfonamides is 1. The summed E-state index contributed by atoms with van der Waals surface area (Å²) >= 11 is 7.02. The molecule has 0 aliphatic heterocycles. The zero-order chi connectivity index (χ0) is 17.2. The van der Waals surface area contributed by atoms with Gasteiger partial charge in [-0.05, 0) is 31.5 Å². The lowest BCUT2D eigenvalue weighted by Gasteiger charge is -2.23. The Morgan fingerprint density at radius 1 is 1.43 bits per heavy atom. The number of carbonyl (C=O) groups is 1. The second-order valence-electron chi connectivity index (χ2n) is 4.64. The van der Waals surface area contributed by atoms with Crippen molar-refractivity contribution in [2.45, 2.75) is 18.2 Å². The Hall–Kier alpha value is -1.68. The number of aromatic nitrogens is 1. The van der Waals surface area contributed by atoms with Gasteiger partial charge in [0.05, 0.1) is 5.69 Å². The number of nitrogens with two attached hydrogens (primary N) is 1. The summed E-state index contributed by atoms with van der Waals surface area (Å²) < 4.78 is 26.5. The van der Waals surface area contributed by atoms with Crippen molar-refractivity contribution in [3.8, 4) is 0 Å². The van der Waals surface area contributed by atoms with E-state index in [1.165, 1.54) is 0 Å². The monoisotopic (exact) mass is 375 g/mol. The summed E-state index contributed by atoms with van der Waals surface area (Å²) in [4.78, 5) is 19.7. The molecule has 0 aliphatic rings. The van der Waals surface area contributed by atoms with E-state index >= 15 is 0 Å². The molecule has 0 saturated carbocycles. The number of halogens is 1. The number of rotatable bonds is 5. The smallest absolute Gasteiger partial charge is 0.345 e. The van der Waals surface area contributed by atoms with Crippen molar-refractivity contribution in [3.05, 3.63) is 39.9 Å². The highest BCUT2D eigenvalue weighted by molar-refractivity contribution is 7.94. The van der Waals surface area contributed by atoms with E-state index in [-0.39, 0.29) is 10.0 Å². The average Bonchev–Trinajstić information content (AvgIpc) is 2.95. The van der Waals surface area contributed by atoms with Crippen molar-refractivity contribution in [2.24, 2.45) is 5.90 Å². The molecular formula is C13H14ClN3O4S2. The van der Waals surface area contributed by atoms with Crippen molar-refractivity contribution < 1.29 is 18.0 Å². The van der Waals surface area contributed by atoms with Crippen LogP contribution in [0.3, 0.4) is 0 Å². The number of aryl methyl sites for hydroxylation is 1. The lowest BCUT2D eigenvalue weighted by molar-refractivity contribution is -0.142. The number of thiazole rings is 1. The fourth-order valence-electron chi connectivity index (χ4n) is 1.87. The largest absolute Gasteiger partial charge is 0.372 e. The van der Waals surface area contributed by atoms with Gasteiger partial charge in [-0.2, -0.15) is 14.3 Å². The van der Waals surface area contributed by atoms with Gasteiger partial charge >= 0.3 is 5.97 Å². The number of hydrogen-bond donors (Lipinski definition) is 1. The molecule has 0 atom stereocenters. The number of nitrogens with zero attached hydrogens (tertiary/aromatic N) is 2. The Morgan fingerprint density at radius 2 is 2.13 bits per heavy atom. The number of benzene rings is 1. The van der Waals surface area contributed by atoms with Crippen LogP contribution in [-0.4, -0.2) is 25.9 Å². The van der Waals surface area contributed by atoms with Crippen LogP contribution in [0.25, 0.3) is 0 Å². The van der Waals surface area contributed by atoms with Crippen molar-refractivity contribution in [3.63, 3.8) is 0 Å². The van der Waals surface area contributed by atoms with E-state index in [2.05, 4.69) is 9.82 Å². The van der Waals surface area contributed by atoms with Crippen LogP contribution in [0, 0.1) is 13.8 Å². The van der Waals surface area contributed by atoms with Gasteiger partial charge in [-0.25, -0.2) is 9.78 Å². The minimum atomic E-state index is -4.05. The molecule has 1 aromatic heterocycles. The third-order valence-electron chi connectivity index (χ3n) is 3.02. The van der Waals surface area contributed by atoms with Gasteiger partial charge in [0.25, 0.3) is 10.0 Å². The van der Waals surface area contributed by atoms with Gasteiger partial charge in [-0.15, -0.1) is 11.3 Å². The SMILES string of the molecule is Cc1csc(S(=O)(=O)N(CC(=O)ON)c2cccc(Cl)c2C)n1. The molecule has 0 bridgehead atoms. The first-order valence-corrected chi connectivity index (χ1v) is 9.06. The molecule has 0 fully saturated rings. The van der Waals surface area contributed by atoms with Gasteiger partial charge in [-0.3, -0.25) is 4.31 Å². The minimum absolute atomic E-state index is 0.126. The number of hydrogen-bond acceptors (Lipinski definition) is 7. The quantitative estimate of drug-likeness (QED) is 0.802. The Morgan fingerprint density at radius 3 is 2.70 bits per heavy atom. The third kappa shape index (κ3) is 3.63. The minimum Gasteiger partial charge on any atom is -0.372 e. The number of carbonyl (C=O) groups excluding carboxylic acids is 1. The molecule has 1 aromatic carbocycles. The zero-order valence-electron chi connectivity index (χ0n) is 12.3. The molecule has 0 amide bonds. The highest BCUT2D eigenvalue weighted by atomic mass is 35.5. The zero-order valence-corrected chi connectivity index (χ0v) is 14.7. The molecular weight excluding hydrogens is 362 g/mol. The molecule has 0 saturated heterocycles. The molecule has 2 N–H and O–H groups in total. The second-order valence-corrected chi connectivity index (χ2v) is 7.94. The molecule has 10 heteroatoms. The van der Waals surface area contributed by atoms with Crippen LogP contribution in [-0.2, 0) is 19.7 Å². The van der Waals surface area contributed by atoms with Gasteiger partial charge in [0.15, 0.2) is 0 Å². The standard InChI is InChI=1S/C13H14ClN3O4S2/c1-8-7-22-13(16-8)23(19,20)17(6-12(18)21-15)11-5-3-4-10(14)9(11)2/h3-5,7H,6,15H2,1-2H3. The molecule has 2 aromatic rings. The molecule has 124 valence electrons. The van der Waals surface area contributed by atoms with Crippen molar-refractivity contribution in [1.29, 1.82) is 0 Å². The normalized spacial score (nSPS) is 11.3. The summed E-state index contributed by atoms with van der Waals surface area (Å²) in [5.74, 6) is 3.94. The Balaban J connectivity index is 2.58. The van der Waals surface area contributed by atoms with E-state index in [4.69, 9.17) is 17.5 Å². The van der Waals surface area contributed by atoms with E-state index in [0.717, 1.165) is 15.6 Å². The average molecular weight is 376 g/mol. The molecule has 0 spiro atoms. The van der Waals surface area contributed by atoms with Crippen LogP contribution in [0.1, 0.15) is 11.3 Å². The second kappa shape index (κ2) is 6.83. The highest BCUT2D eigenvalue weighted by Gasteiger charge is 2.31. The maximum absolute atomic E-state index is 12.8. The van der Waals surface area contributed by atoms with E-state index < -0.39 is 22.5 Å². The Bertz CT molecular complexity index is 835. The van der Waals surface area contributed by atoms with Crippen LogP contribution < -0.4 is 10.2 Å². The van der Waals surface area contributed by atoms with Crippen LogP contribution in [0.5, 0.6) is 0 Å². The van der Waals surface area contributed by atoms with Gasteiger partial charge in [0.2, 0.25) is 4.34 Å². The lowest BCUT2D eigenvalue weighted by Crippen LogP contribution is -2.37. The van der Waals surface area contributed by atoms with Crippen molar-refractivity contribution in [1.82, 2.24) is 4.98 Å². The molecule has 7 nitrogen and oxygen atoms in total. The lowest BCUT2D eigenvalue weighted by atomic mass is 10.2. The first-order valence-electron chi connectivity index (χ1n) is 6.37. The van der Waals surface area contributed by atoms with E-state index in [0.29, 0.717) is 16.3 Å². The Kier molecular flexibility index (Phi) is 5.25. The molecule has 0 unspecified atom stereocenters. The topological polar surface area (TPSA) is 103 Å². The van der Waals surface area contributed by atoms with Gasteiger partial charge in [-0.1, -0.05) is 17.7 Å². The highest BCUT2D eigenvalue weighted by Crippen LogP contribution is 2.31. The van der Waals surface area contributed by atoms with E-state index in [1.807, 2.05) is 0 Å². The van der Waals surface area contributed by atoms with Crippen molar-refractivity contribution >= 4 is 44.6 Å². The summed E-state index contributed by atoms with van der Waals surface area (Å²) in [6.07, 6.45) is 0. The molecule has 0 aliphatic carbocycles. The van der Waals surface area contributed by atoms with Gasteiger partial charge in [0.1, 0.15) is 6.54 Å². The van der Waals surface area contributed by atoms with Crippen LogP contribution >= 0.6 is 22.9 Å². The summed E-state index contributed by atoms with van der Waals surface area (Å²) in [6.45, 7) is 2.75. The van der Waals surface area contributed by atoms with Crippen LogP contribution in [0.4, 0.5) is 5.69 Å². The maximum atomic E-state index is 12.8. The predicted molar refractivity (Wildman–Crippen MR) is 87.9 cm³/mol. The summed E-state index contributed by atoms with van der Waals surface area (Å²) in [5.41, 5.74) is 1.34. The molecule has 23 heavy (non-hydrogen) atoms. The van der Waals surface area contributed by atoms with E-state index in [9.17, 15) is 13.2 Å². The fraction of sp³-hybridized carbons (Fsp3) is 0.231. The first kappa shape index (κ1) is 17.7. The number of anilines is 1. The molecule has 0 radical (unpaired) electrons. The molecule has 1 heterocycles.